The van der Waals surface area contributed by atoms with Crippen LogP contribution >= 0.6 is 23.2 Å². The molecule has 0 bridgehead atoms. The molecule has 158 valence electrons. The van der Waals surface area contributed by atoms with Crippen LogP contribution in [0, 0.1) is 17.2 Å². The summed E-state index contributed by atoms with van der Waals surface area (Å²) in [5, 5.41) is 19.4. The van der Waals surface area contributed by atoms with Gasteiger partial charge in [-0.25, -0.2) is 13.2 Å². The van der Waals surface area contributed by atoms with E-state index in [9.17, 15) is 23.6 Å². The van der Waals surface area contributed by atoms with E-state index in [1.54, 1.807) is 24.3 Å². The number of rotatable bonds is 4. The van der Waals surface area contributed by atoms with E-state index in [1.165, 1.54) is 18.2 Å². The molecule has 2 aromatic carbocycles. The van der Waals surface area contributed by atoms with Gasteiger partial charge in [-0.3, -0.25) is 0 Å². The van der Waals surface area contributed by atoms with Gasteiger partial charge in [-0.05, 0) is 29.8 Å². The fraction of sp³-hybridized carbons (Fsp3) is 0.300. The van der Waals surface area contributed by atoms with Gasteiger partial charge in [0.15, 0.2) is 9.84 Å². The lowest BCUT2D eigenvalue weighted by atomic mass is 9.97. The van der Waals surface area contributed by atoms with Gasteiger partial charge in [0.05, 0.1) is 39.0 Å². The molecule has 1 fully saturated rings. The van der Waals surface area contributed by atoms with Crippen LogP contribution in [0.3, 0.4) is 0 Å². The maximum atomic E-state index is 13.1. The number of hydrogen-bond donors (Lipinski definition) is 1. The van der Waals surface area contributed by atoms with E-state index in [0.717, 1.165) is 4.90 Å². The fourth-order valence-electron chi connectivity index (χ4n) is 3.47. The molecule has 1 amide bonds. The van der Waals surface area contributed by atoms with Crippen molar-refractivity contribution in [1.82, 2.24) is 4.90 Å². The number of carbonyl (C=O) groups is 1. The number of nitrogens with zero attached hydrogens (tertiary/aromatic N) is 2. The summed E-state index contributed by atoms with van der Waals surface area (Å²) in [6, 6.07) is 12.7. The zero-order chi connectivity index (χ0) is 21.9. The zero-order valence-corrected chi connectivity index (χ0v) is 18.0. The quantitative estimate of drug-likeness (QED) is 0.725. The summed E-state index contributed by atoms with van der Waals surface area (Å²) >= 11 is 12.1. The first-order valence-electron chi connectivity index (χ1n) is 8.99. The van der Waals surface area contributed by atoms with Crippen LogP contribution in [0.25, 0.3) is 0 Å². The molecule has 0 spiro atoms. The SMILES string of the molecule is N#Cc1ccccc1S(=O)(=O)C[C@@H]1CN(C(=O)O)CCO[C@H]1c1ccc(Cl)c(Cl)c1. The molecule has 30 heavy (non-hydrogen) atoms. The number of benzene rings is 2. The van der Waals surface area contributed by atoms with Crippen molar-refractivity contribution in [3.05, 3.63) is 63.6 Å². The topological polar surface area (TPSA) is 108 Å². The zero-order valence-electron chi connectivity index (χ0n) is 15.7. The molecule has 0 saturated carbocycles. The Hall–Kier alpha value is -2.31. The Morgan fingerprint density at radius 1 is 1.23 bits per heavy atom. The van der Waals surface area contributed by atoms with Crippen LogP contribution in [0.15, 0.2) is 47.4 Å². The number of nitriles is 1. The van der Waals surface area contributed by atoms with Crippen molar-refractivity contribution in [2.75, 3.05) is 25.4 Å². The van der Waals surface area contributed by atoms with E-state index in [0.29, 0.717) is 10.6 Å². The number of amides is 1. The summed E-state index contributed by atoms with van der Waals surface area (Å²) in [5.41, 5.74) is 0.638. The summed E-state index contributed by atoms with van der Waals surface area (Å²) in [6.45, 7) is 0.162. The van der Waals surface area contributed by atoms with Crippen molar-refractivity contribution in [3.63, 3.8) is 0 Å². The van der Waals surface area contributed by atoms with Gasteiger partial charge in [0.2, 0.25) is 0 Å². The van der Waals surface area contributed by atoms with Crippen LogP contribution in [0.4, 0.5) is 4.79 Å². The number of sulfone groups is 1. The Morgan fingerprint density at radius 2 is 1.97 bits per heavy atom. The predicted octanol–water partition coefficient (Wildman–Crippen LogP) is 4.01. The Balaban J connectivity index is 2.01. The predicted molar refractivity (Wildman–Crippen MR) is 111 cm³/mol. The van der Waals surface area contributed by atoms with Crippen molar-refractivity contribution in [2.45, 2.75) is 11.0 Å². The van der Waals surface area contributed by atoms with Gasteiger partial charge in [-0.1, -0.05) is 41.4 Å². The smallest absolute Gasteiger partial charge is 0.407 e. The van der Waals surface area contributed by atoms with Gasteiger partial charge in [-0.2, -0.15) is 5.26 Å². The van der Waals surface area contributed by atoms with Crippen molar-refractivity contribution < 1.29 is 23.1 Å². The first kappa shape index (κ1) is 22.4. The maximum absolute atomic E-state index is 13.1. The Morgan fingerprint density at radius 3 is 2.63 bits per heavy atom. The van der Waals surface area contributed by atoms with Gasteiger partial charge in [0, 0.05) is 19.0 Å². The van der Waals surface area contributed by atoms with Crippen molar-refractivity contribution >= 4 is 39.1 Å². The minimum atomic E-state index is -3.91. The van der Waals surface area contributed by atoms with E-state index < -0.39 is 33.7 Å². The second-order valence-electron chi connectivity index (χ2n) is 6.84. The minimum Gasteiger partial charge on any atom is -0.465 e. The summed E-state index contributed by atoms with van der Waals surface area (Å²) in [5.74, 6) is -1.13. The Kier molecular flexibility index (Phi) is 6.88. The standard InChI is InChI=1S/C20H18Cl2N2O5S/c21-16-6-5-13(9-17(16)22)19-15(11-24(20(25)26)7-8-29-19)12-30(27,28)18-4-2-1-3-14(18)10-23/h1-6,9,15,19H,7-8,11-12H2,(H,25,26)/t15-,19-/m0/s1. The first-order chi connectivity index (χ1) is 14.2. The molecule has 0 unspecified atom stereocenters. The lowest BCUT2D eigenvalue weighted by molar-refractivity contribution is 0.0367. The average Bonchev–Trinajstić information content (AvgIpc) is 2.92. The van der Waals surface area contributed by atoms with Gasteiger partial charge in [0.25, 0.3) is 0 Å². The molecule has 0 aromatic heterocycles. The summed E-state index contributed by atoms with van der Waals surface area (Å²) in [7, 11) is -3.91. The lowest BCUT2D eigenvalue weighted by Crippen LogP contribution is -2.37. The lowest BCUT2D eigenvalue weighted by Gasteiger charge is -2.27. The summed E-state index contributed by atoms with van der Waals surface area (Å²) in [6.07, 6.45) is -1.87. The second kappa shape index (κ2) is 9.23. The van der Waals surface area contributed by atoms with Crippen molar-refractivity contribution in [3.8, 4) is 6.07 Å². The Labute approximate surface area is 184 Å². The fourth-order valence-corrected chi connectivity index (χ4v) is 5.53. The first-order valence-corrected chi connectivity index (χ1v) is 11.4. The van der Waals surface area contributed by atoms with Crippen LogP contribution in [-0.4, -0.2) is 50.0 Å². The molecule has 7 nitrogen and oxygen atoms in total. The molecule has 2 aromatic rings. The minimum absolute atomic E-state index is 0.0354. The summed E-state index contributed by atoms with van der Waals surface area (Å²) in [4.78, 5) is 12.6. The monoisotopic (exact) mass is 468 g/mol. The van der Waals surface area contributed by atoms with Crippen LogP contribution in [-0.2, 0) is 14.6 Å². The number of ether oxygens (including phenoxy) is 1. The molecule has 10 heteroatoms. The normalized spacial score (nSPS) is 19.7. The van der Waals surface area contributed by atoms with Gasteiger partial charge in [-0.15, -0.1) is 0 Å². The maximum Gasteiger partial charge on any atom is 0.407 e. The molecule has 0 radical (unpaired) electrons. The number of halogens is 2. The second-order valence-corrected chi connectivity index (χ2v) is 9.66. The molecule has 1 aliphatic rings. The molecular formula is C20H18Cl2N2O5S. The van der Waals surface area contributed by atoms with Crippen LogP contribution < -0.4 is 0 Å². The molecule has 0 aliphatic carbocycles. The van der Waals surface area contributed by atoms with E-state index in [-0.39, 0.29) is 35.2 Å². The van der Waals surface area contributed by atoms with Gasteiger partial charge < -0.3 is 14.7 Å². The molecule has 1 N–H and O–H groups in total. The third-order valence-corrected chi connectivity index (χ3v) is 7.49. The largest absolute Gasteiger partial charge is 0.465 e. The molecule has 3 rings (SSSR count). The molecule has 1 saturated heterocycles. The highest BCUT2D eigenvalue weighted by atomic mass is 35.5. The van der Waals surface area contributed by atoms with Gasteiger partial charge >= 0.3 is 6.09 Å². The van der Waals surface area contributed by atoms with Gasteiger partial charge in [0.1, 0.15) is 6.07 Å². The molecule has 2 atom stereocenters. The van der Waals surface area contributed by atoms with E-state index in [1.807, 2.05) is 6.07 Å². The molecule has 1 heterocycles. The van der Waals surface area contributed by atoms with Crippen molar-refractivity contribution in [1.29, 1.82) is 5.26 Å². The van der Waals surface area contributed by atoms with Crippen molar-refractivity contribution in [2.24, 2.45) is 5.92 Å². The van der Waals surface area contributed by atoms with E-state index in [2.05, 4.69) is 0 Å². The number of carboxylic acid groups (broad SMARTS) is 1. The highest BCUT2D eigenvalue weighted by Crippen LogP contribution is 2.35. The summed E-state index contributed by atoms with van der Waals surface area (Å²) < 4.78 is 32.2. The third kappa shape index (κ3) is 4.87. The Bertz CT molecular complexity index is 1100. The van der Waals surface area contributed by atoms with Crippen LogP contribution in [0.2, 0.25) is 10.0 Å². The highest BCUT2D eigenvalue weighted by Gasteiger charge is 2.35. The molecule has 1 aliphatic heterocycles. The van der Waals surface area contributed by atoms with Crippen LogP contribution in [0.5, 0.6) is 0 Å². The van der Waals surface area contributed by atoms with Crippen LogP contribution in [0.1, 0.15) is 17.2 Å². The van der Waals surface area contributed by atoms with E-state index in [4.69, 9.17) is 27.9 Å². The van der Waals surface area contributed by atoms with E-state index >= 15 is 0 Å². The highest BCUT2D eigenvalue weighted by molar-refractivity contribution is 7.91. The third-order valence-electron chi connectivity index (χ3n) is 4.86. The number of hydrogen-bond acceptors (Lipinski definition) is 5. The average molecular weight is 469 g/mol. The molecular weight excluding hydrogens is 451 g/mol.